The van der Waals surface area contributed by atoms with Gasteiger partial charge in [0, 0.05) is 19.1 Å². The van der Waals surface area contributed by atoms with Gasteiger partial charge in [-0.15, -0.1) is 22.7 Å². The molecule has 1 aliphatic rings. The fraction of sp³-hybridized carbons (Fsp3) is 0.727. The van der Waals surface area contributed by atoms with Gasteiger partial charge in [0.1, 0.15) is 0 Å². The Morgan fingerprint density at radius 1 is 0.889 bits per heavy atom. The van der Waals surface area contributed by atoms with Gasteiger partial charge in [0.15, 0.2) is 0 Å². The van der Waals surface area contributed by atoms with Crippen LogP contribution >= 0.6 is 22.7 Å². The molecule has 0 atom stereocenters. The lowest BCUT2D eigenvalue weighted by Crippen LogP contribution is -2.41. The van der Waals surface area contributed by atoms with Crippen LogP contribution < -0.4 is 4.78 Å². The number of hydrogen-bond donors (Lipinski definition) is 0. The Balaban J connectivity index is 1.70. The Morgan fingerprint density at radius 2 is 1.44 bits per heavy atom. The summed E-state index contributed by atoms with van der Waals surface area (Å²) in [6.07, 6.45) is 9.33. The predicted octanol–water partition coefficient (Wildman–Crippen LogP) is 6.80. The number of fused-ring (bicyclic) bond motifs is 1. The van der Waals surface area contributed by atoms with E-state index in [1.54, 1.807) is 4.88 Å². The summed E-state index contributed by atoms with van der Waals surface area (Å²) in [5, 5.41) is 0. The molecule has 0 bridgehead atoms. The minimum atomic E-state index is -0.272. The van der Waals surface area contributed by atoms with Crippen molar-refractivity contribution in [1.82, 2.24) is 0 Å². The highest BCUT2D eigenvalue weighted by Crippen LogP contribution is 2.39. The van der Waals surface area contributed by atoms with E-state index in [-0.39, 0.29) is 18.3 Å². The fourth-order valence-electron chi connectivity index (χ4n) is 3.70. The fourth-order valence-corrected chi connectivity index (χ4v) is 6.21. The third-order valence-electron chi connectivity index (χ3n) is 6.18. The highest BCUT2D eigenvalue weighted by Gasteiger charge is 2.52. The summed E-state index contributed by atoms with van der Waals surface area (Å²) in [5.74, 6) is 0.847. The van der Waals surface area contributed by atoms with Crippen molar-refractivity contribution in [2.24, 2.45) is 5.92 Å². The standard InChI is InChI=1S/C22H35BO2S2/c1-7-9-11-16(12-10-8-2)13-17-14-18-19(26-17)15-20(27-18)23-24-21(3,4)22(5,6)25-23/h14-16H,7-13H2,1-6H3. The molecule has 0 N–H and O–H groups in total. The molecule has 2 aromatic heterocycles. The molecule has 3 heterocycles. The van der Waals surface area contributed by atoms with Gasteiger partial charge in [-0.05, 0) is 52.2 Å². The first-order valence-electron chi connectivity index (χ1n) is 10.6. The van der Waals surface area contributed by atoms with E-state index >= 15 is 0 Å². The number of rotatable bonds is 9. The molecule has 0 aromatic carbocycles. The Labute approximate surface area is 173 Å². The van der Waals surface area contributed by atoms with Gasteiger partial charge in [-0.1, -0.05) is 52.4 Å². The average Bonchev–Trinajstić information content (AvgIpc) is 3.20. The van der Waals surface area contributed by atoms with Crippen LogP contribution in [-0.4, -0.2) is 18.3 Å². The lowest BCUT2D eigenvalue weighted by molar-refractivity contribution is 0.00578. The van der Waals surface area contributed by atoms with Gasteiger partial charge >= 0.3 is 7.12 Å². The molecule has 150 valence electrons. The summed E-state index contributed by atoms with van der Waals surface area (Å²) >= 11 is 3.81. The van der Waals surface area contributed by atoms with Gasteiger partial charge in [0.25, 0.3) is 0 Å². The molecular formula is C22H35BO2S2. The van der Waals surface area contributed by atoms with Crippen molar-refractivity contribution in [2.75, 3.05) is 0 Å². The lowest BCUT2D eigenvalue weighted by Gasteiger charge is -2.32. The molecule has 27 heavy (non-hydrogen) atoms. The summed E-state index contributed by atoms with van der Waals surface area (Å²) in [6, 6.07) is 4.72. The van der Waals surface area contributed by atoms with Crippen LogP contribution in [0.3, 0.4) is 0 Å². The van der Waals surface area contributed by atoms with E-state index in [0.717, 1.165) is 5.92 Å². The summed E-state index contributed by atoms with van der Waals surface area (Å²) in [6.45, 7) is 13.1. The van der Waals surface area contributed by atoms with E-state index in [0.29, 0.717) is 0 Å². The monoisotopic (exact) mass is 406 g/mol. The number of unbranched alkanes of at least 4 members (excludes halogenated alkanes) is 2. The van der Waals surface area contributed by atoms with Crippen molar-refractivity contribution >= 4 is 44.0 Å². The molecule has 1 fully saturated rings. The van der Waals surface area contributed by atoms with Crippen LogP contribution in [0.2, 0.25) is 0 Å². The summed E-state index contributed by atoms with van der Waals surface area (Å²) in [5.41, 5.74) is -0.544. The second-order valence-electron chi connectivity index (χ2n) is 9.03. The molecule has 0 unspecified atom stereocenters. The van der Waals surface area contributed by atoms with Crippen molar-refractivity contribution in [3.05, 3.63) is 17.0 Å². The van der Waals surface area contributed by atoms with E-state index in [2.05, 4.69) is 53.7 Å². The van der Waals surface area contributed by atoms with Gasteiger partial charge in [-0.25, -0.2) is 0 Å². The minimum Gasteiger partial charge on any atom is -0.399 e. The molecular weight excluding hydrogens is 371 g/mol. The van der Waals surface area contributed by atoms with E-state index in [4.69, 9.17) is 9.31 Å². The molecule has 5 heteroatoms. The van der Waals surface area contributed by atoms with Crippen LogP contribution in [0.4, 0.5) is 0 Å². The normalized spacial score (nSPS) is 18.9. The maximum absolute atomic E-state index is 6.23. The number of hydrogen-bond acceptors (Lipinski definition) is 4. The van der Waals surface area contributed by atoms with Gasteiger partial charge in [-0.2, -0.15) is 0 Å². The van der Waals surface area contributed by atoms with E-state index < -0.39 is 0 Å². The van der Waals surface area contributed by atoms with Crippen LogP contribution in [0.25, 0.3) is 9.40 Å². The zero-order valence-electron chi connectivity index (χ0n) is 17.9. The Hall–Kier alpha value is -0.355. The molecule has 2 aromatic rings. The predicted molar refractivity (Wildman–Crippen MR) is 122 cm³/mol. The summed E-state index contributed by atoms with van der Waals surface area (Å²) in [7, 11) is -0.232. The second-order valence-corrected chi connectivity index (χ2v) is 11.3. The van der Waals surface area contributed by atoms with Crippen molar-refractivity contribution in [3.8, 4) is 0 Å². The highest BCUT2D eigenvalue weighted by atomic mass is 32.1. The molecule has 0 spiro atoms. The van der Waals surface area contributed by atoms with Crippen molar-refractivity contribution in [3.63, 3.8) is 0 Å². The first-order valence-corrected chi connectivity index (χ1v) is 12.3. The zero-order valence-corrected chi connectivity index (χ0v) is 19.5. The molecule has 0 saturated carbocycles. The third-order valence-corrected chi connectivity index (χ3v) is 8.52. The average molecular weight is 406 g/mol. The van der Waals surface area contributed by atoms with E-state index in [9.17, 15) is 0 Å². The maximum Gasteiger partial charge on any atom is 0.505 e. The molecule has 1 aliphatic heterocycles. The molecule has 3 rings (SSSR count). The molecule has 0 amide bonds. The van der Waals surface area contributed by atoms with Crippen LogP contribution in [0.15, 0.2) is 12.1 Å². The van der Waals surface area contributed by atoms with Gasteiger partial charge in [0.2, 0.25) is 0 Å². The van der Waals surface area contributed by atoms with Crippen molar-refractivity contribution < 1.29 is 9.31 Å². The molecule has 1 saturated heterocycles. The largest absolute Gasteiger partial charge is 0.505 e. The van der Waals surface area contributed by atoms with Crippen molar-refractivity contribution in [1.29, 1.82) is 0 Å². The van der Waals surface area contributed by atoms with E-state index in [1.165, 1.54) is 59.1 Å². The van der Waals surface area contributed by atoms with Crippen LogP contribution in [0.1, 0.15) is 84.9 Å². The third kappa shape index (κ3) is 4.80. The Bertz CT molecular complexity index is 691. The smallest absolute Gasteiger partial charge is 0.399 e. The first kappa shape index (κ1) is 21.4. The molecule has 2 nitrogen and oxygen atoms in total. The maximum atomic E-state index is 6.23. The van der Waals surface area contributed by atoms with Crippen LogP contribution in [-0.2, 0) is 15.7 Å². The summed E-state index contributed by atoms with van der Waals surface area (Å²) < 4.78 is 16.4. The molecule has 0 radical (unpaired) electrons. The van der Waals surface area contributed by atoms with Gasteiger partial charge in [-0.3, -0.25) is 0 Å². The number of thiophene rings is 2. The van der Waals surface area contributed by atoms with Gasteiger partial charge < -0.3 is 9.31 Å². The second kappa shape index (κ2) is 8.56. The molecule has 0 aliphatic carbocycles. The first-order chi connectivity index (χ1) is 12.8. The van der Waals surface area contributed by atoms with Crippen LogP contribution in [0.5, 0.6) is 0 Å². The zero-order chi connectivity index (χ0) is 19.7. The minimum absolute atomic E-state index is 0.232. The SMILES string of the molecule is CCCCC(CCCC)Cc1cc2sc(B3OC(C)(C)C(C)(C)O3)cc2s1. The Kier molecular flexibility index (Phi) is 6.77. The summed E-state index contributed by atoms with van der Waals surface area (Å²) in [4.78, 5) is 1.55. The highest BCUT2D eigenvalue weighted by molar-refractivity contribution is 7.33. The topological polar surface area (TPSA) is 18.5 Å². The Morgan fingerprint density at radius 3 is 1.96 bits per heavy atom. The quantitative estimate of drug-likeness (QED) is 0.426. The van der Waals surface area contributed by atoms with Crippen molar-refractivity contribution in [2.45, 2.75) is 97.7 Å². The van der Waals surface area contributed by atoms with E-state index in [1.807, 2.05) is 22.7 Å². The van der Waals surface area contributed by atoms with Crippen LogP contribution in [0, 0.1) is 5.92 Å². The van der Waals surface area contributed by atoms with Gasteiger partial charge in [0.05, 0.1) is 11.2 Å². The lowest BCUT2D eigenvalue weighted by atomic mass is 9.88.